The number of hydrogen-bond donors (Lipinski definition) is 0. The van der Waals surface area contributed by atoms with Gasteiger partial charge in [0.25, 0.3) is 0 Å². The van der Waals surface area contributed by atoms with E-state index in [4.69, 9.17) is 0 Å². The fourth-order valence-corrected chi connectivity index (χ4v) is 4.62. The maximum absolute atomic E-state index is 15.2. The van der Waals surface area contributed by atoms with Crippen LogP contribution in [0.3, 0.4) is 0 Å². The van der Waals surface area contributed by atoms with E-state index in [-0.39, 0.29) is 11.3 Å². The van der Waals surface area contributed by atoms with Crippen molar-refractivity contribution in [1.82, 2.24) is 0 Å². The van der Waals surface area contributed by atoms with E-state index in [2.05, 4.69) is 11.7 Å². The van der Waals surface area contributed by atoms with Gasteiger partial charge < -0.3 is 4.74 Å². The summed E-state index contributed by atoms with van der Waals surface area (Å²) in [4.78, 5) is 0. The Labute approximate surface area is 218 Å². The minimum absolute atomic E-state index is 0.133. The van der Waals surface area contributed by atoms with Crippen molar-refractivity contribution in [2.24, 2.45) is 0 Å². The number of hydrogen-bond acceptors (Lipinski definition) is 1. The molecule has 200 valence electrons. The van der Waals surface area contributed by atoms with Gasteiger partial charge in [0.1, 0.15) is 23.2 Å². The van der Waals surface area contributed by atoms with Crippen LogP contribution in [0.5, 0.6) is 5.75 Å². The first-order valence-electron chi connectivity index (χ1n) is 12.7. The van der Waals surface area contributed by atoms with Gasteiger partial charge in [-0.15, -0.1) is 13.2 Å². The van der Waals surface area contributed by atoms with Crippen LogP contribution in [-0.4, -0.2) is 6.36 Å². The van der Waals surface area contributed by atoms with E-state index >= 15 is 4.39 Å². The van der Waals surface area contributed by atoms with Crippen molar-refractivity contribution < 1.29 is 31.1 Å². The van der Waals surface area contributed by atoms with Crippen molar-refractivity contribution >= 4 is 10.8 Å². The largest absolute Gasteiger partial charge is 0.573 e. The van der Waals surface area contributed by atoms with E-state index < -0.39 is 23.8 Å². The van der Waals surface area contributed by atoms with Crippen LogP contribution in [0.4, 0.5) is 26.3 Å². The Kier molecular flexibility index (Phi) is 8.65. The molecule has 0 bridgehead atoms. The van der Waals surface area contributed by atoms with Gasteiger partial charge >= 0.3 is 6.36 Å². The molecule has 4 rings (SSSR count). The number of fused-ring (bicyclic) bond motifs is 1. The molecule has 0 aliphatic rings. The summed E-state index contributed by atoms with van der Waals surface area (Å²) < 4.78 is 85.9. The summed E-state index contributed by atoms with van der Waals surface area (Å²) in [5.74, 6) is -2.03. The fourth-order valence-electron chi connectivity index (χ4n) is 4.62. The number of aryl methyl sites for hydroxylation is 3. The quantitative estimate of drug-likeness (QED) is 0.146. The molecule has 0 saturated heterocycles. The molecule has 4 aromatic carbocycles. The minimum Gasteiger partial charge on any atom is -0.406 e. The van der Waals surface area contributed by atoms with Gasteiger partial charge in [0, 0.05) is 5.39 Å². The van der Waals surface area contributed by atoms with Crippen molar-refractivity contribution in [1.29, 1.82) is 0 Å². The lowest BCUT2D eigenvalue weighted by Gasteiger charge is -2.12. The molecule has 7 heteroatoms. The Bertz CT molecular complexity index is 1370. The van der Waals surface area contributed by atoms with Gasteiger partial charge in [-0.25, -0.2) is 13.2 Å². The van der Waals surface area contributed by atoms with E-state index in [1.54, 1.807) is 18.2 Å². The van der Waals surface area contributed by atoms with E-state index in [1.807, 2.05) is 0 Å². The molecule has 0 radical (unpaired) electrons. The molecule has 0 atom stereocenters. The average molecular weight is 531 g/mol. The Morgan fingerprint density at radius 3 is 2.05 bits per heavy atom. The Balaban J connectivity index is 1.49. The van der Waals surface area contributed by atoms with Crippen molar-refractivity contribution in [3.05, 3.63) is 101 Å². The van der Waals surface area contributed by atoms with Crippen LogP contribution in [-0.2, 0) is 19.3 Å². The molecule has 1 nitrogen and oxygen atoms in total. The molecule has 4 aromatic rings. The second-order valence-corrected chi connectivity index (χ2v) is 9.41. The van der Waals surface area contributed by atoms with Gasteiger partial charge in [-0.2, -0.15) is 0 Å². The molecule has 0 saturated carbocycles. The molecule has 0 aliphatic heterocycles. The zero-order chi connectivity index (χ0) is 27.3. The smallest absolute Gasteiger partial charge is 0.406 e. The molecule has 0 amide bonds. The van der Waals surface area contributed by atoms with Gasteiger partial charge in [0.15, 0.2) is 0 Å². The minimum atomic E-state index is -4.76. The predicted molar refractivity (Wildman–Crippen MR) is 138 cm³/mol. The summed E-state index contributed by atoms with van der Waals surface area (Å²) in [7, 11) is 0. The number of alkyl halides is 3. The van der Waals surface area contributed by atoms with Crippen LogP contribution in [0.15, 0.2) is 66.7 Å². The van der Waals surface area contributed by atoms with Crippen LogP contribution in [0.1, 0.15) is 49.3 Å². The second kappa shape index (κ2) is 11.9. The number of halogens is 6. The van der Waals surface area contributed by atoms with Gasteiger partial charge in [-0.3, -0.25) is 0 Å². The zero-order valence-electron chi connectivity index (χ0n) is 21.0. The van der Waals surface area contributed by atoms with E-state index in [1.165, 1.54) is 48.5 Å². The average Bonchev–Trinajstić information content (AvgIpc) is 2.86. The lowest BCUT2D eigenvalue weighted by Crippen LogP contribution is -2.17. The van der Waals surface area contributed by atoms with Crippen molar-refractivity contribution in [3.63, 3.8) is 0 Å². The van der Waals surface area contributed by atoms with Crippen molar-refractivity contribution in [3.8, 4) is 16.9 Å². The van der Waals surface area contributed by atoms with E-state index in [0.29, 0.717) is 46.7 Å². The van der Waals surface area contributed by atoms with Crippen LogP contribution in [0.25, 0.3) is 21.9 Å². The fraction of sp³-hybridized carbons (Fsp3) is 0.290. The summed E-state index contributed by atoms with van der Waals surface area (Å²) in [6.07, 6.45) is 0.663. The predicted octanol–water partition coefficient (Wildman–Crippen LogP) is 9.73. The van der Waals surface area contributed by atoms with Crippen molar-refractivity contribution in [2.75, 3.05) is 0 Å². The topological polar surface area (TPSA) is 9.23 Å². The van der Waals surface area contributed by atoms with Crippen LogP contribution < -0.4 is 4.74 Å². The number of unbranched alkanes of at least 4 members (excludes halogenated alkanes) is 3. The molecule has 0 heterocycles. The maximum Gasteiger partial charge on any atom is 0.573 e. The lowest BCUT2D eigenvalue weighted by atomic mass is 9.95. The molecular formula is C31H28F6O. The number of benzene rings is 4. The van der Waals surface area contributed by atoms with E-state index in [9.17, 15) is 22.0 Å². The normalized spacial score (nSPS) is 11.8. The summed E-state index contributed by atoms with van der Waals surface area (Å²) in [6, 6.07) is 16.1. The zero-order valence-corrected chi connectivity index (χ0v) is 21.0. The highest BCUT2D eigenvalue weighted by molar-refractivity contribution is 5.88. The molecule has 0 spiro atoms. The Morgan fingerprint density at radius 1 is 0.684 bits per heavy atom. The molecule has 38 heavy (non-hydrogen) atoms. The first-order chi connectivity index (χ1) is 18.1. The SMILES string of the molecule is CCCCCCc1cc(F)c(-c2ccc3c(F)c(CCc4ccc(OC(F)(F)F)cc4)ccc3c2)c(F)c1. The molecule has 0 fully saturated rings. The van der Waals surface area contributed by atoms with E-state index in [0.717, 1.165) is 31.2 Å². The standard InChI is InChI=1S/C31H28F6O/c1-2-3-4-5-6-21-17-27(32)29(28(33)18-21)24-13-16-26-23(19-24)12-11-22(30(26)34)10-7-20-8-14-25(15-9-20)38-31(35,36)37/h8-9,11-19H,2-7,10H2,1H3. The van der Waals surface area contributed by atoms with Gasteiger partial charge in [0.2, 0.25) is 0 Å². The molecular weight excluding hydrogens is 502 g/mol. The number of rotatable bonds is 10. The summed E-state index contributed by atoms with van der Waals surface area (Å²) in [6.45, 7) is 2.10. The molecule has 0 N–H and O–H groups in total. The van der Waals surface area contributed by atoms with Crippen molar-refractivity contribution in [2.45, 2.75) is 58.2 Å². The molecule has 0 aromatic heterocycles. The highest BCUT2D eigenvalue weighted by Crippen LogP contribution is 2.32. The molecule has 0 aliphatic carbocycles. The third-order valence-electron chi connectivity index (χ3n) is 6.58. The Morgan fingerprint density at radius 2 is 1.39 bits per heavy atom. The summed E-state index contributed by atoms with van der Waals surface area (Å²) in [5.41, 5.74) is 1.99. The first-order valence-corrected chi connectivity index (χ1v) is 12.7. The first kappa shape index (κ1) is 27.6. The third-order valence-corrected chi connectivity index (χ3v) is 6.58. The van der Waals surface area contributed by atoms with Crippen LogP contribution in [0.2, 0.25) is 0 Å². The number of ether oxygens (including phenoxy) is 1. The van der Waals surface area contributed by atoms with Crippen LogP contribution >= 0.6 is 0 Å². The summed E-state index contributed by atoms with van der Waals surface area (Å²) in [5, 5.41) is 0.841. The monoisotopic (exact) mass is 530 g/mol. The van der Waals surface area contributed by atoms with Crippen LogP contribution in [0, 0.1) is 17.5 Å². The second-order valence-electron chi connectivity index (χ2n) is 9.41. The summed E-state index contributed by atoms with van der Waals surface area (Å²) >= 11 is 0. The maximum atomic E-state index is 15.2. The highest BCUT2D eigenvalue weighted by Gasteiger charge is 2.30. The Hall–Kier alpha value is -3.48. The van der Waals surface area contributed by atoms with Gasteiger partial charge in [-0.05, 0) is 83.7 Å². The van der Waals surface area contributed by atoms with Gasteiger partial charge in [0.05, 0.1) is 5.56 Å². The third kappa shape index (κ3) is 6.88. The van der Waals surface area contributed by atoms with Gasteiger partial charge in [-0.1, -0.05) is 62.6 Å². The lowest BCUT2D eigenvalue weighted by molar-refractivity contribution is -0.274. The highest BCUT2D eigenvalue weighted by atomic mass is 19.4. The molecule has 0 unspecified atom stereocenters.